The third-order valence-electron chi connectivity index (χ3n) is 6.09. The van der Waals surface area contributed by atoms with Crippen LogP contribution in [0.5, 0.6) is 11.8 Å². The molecule has 4 aromatic rings. The van der Waals surface area contributed by atoms with Crippen molar-refractivity contribution < 1.29 is 10.2 Å². The largest absolute Gasteiger partial charge is 0.494 e. The van der Waals surface area contributed by atoms with E-state index in [4.69, 9.17) is 0 Å². The Bertz CT molecular complexity index is 1710. The Kier molecular flexibility index (Phi) is 6.80. The van der Waals surface area contributed by atoms with Crippen molar-refractivity contribution in [2.75, 3.05) is 0 Å². The van der Waals surface area contributed by atoms with Gasteiger partial charge >= 0.3 is 11.4 Å². The predicted molar refractivity (Wildman–Crippen MR) is 141 cm³/mol. The normalized spacial score (nSPS) is 12.1. The maximum atomic E-state index is 13.1. The van der Waals surface area contributed by atoms with E-state index < -0.39 is 34.3 Å². The van der Waals surface area contributed by atoms with E-state index in [2.05, 4.69) is 10.2 Å². The first-order valence-electron chi connectivity index (χ1n) is 11.3. The number of hydrogen-bond acceptors (Lipinski definition) is 8. The molecule has 0 fully saturated rings. The fourth-order valence-electron chi connectivity index (χ4n) is 3.88. The lowest BCUT2D eigenvalue weighted by molar-refractivity contribution is 0.409. The molecule has 0 aliphatic carbocycles. The van der Waals surface area contributed by atoms with Crippen LogP contribution in [0.25, 0.3) is 0 Å². The molecule has 0 bridgehead atoms. The minimum absolute atomic E-state index is 0.0890. The van der Waals surface area contributed by atoms with Crippen molar-refractivity contribution in [3.8, 4) is 11.8 Å². The highest BCUT2D eigenvalue weighted by Gasteiger charge is 2.24. The Morgan fingerprint density at radius 1 is 0.553 bits per heavy atom. The van der Waals surface area contributed by atoms with Gasteiger partial charge in [0.05, 0.1) is 0 Å². The van der Waals surface area contributed by atoms with Gasteiger partial charge < -0.3 is 10.2 Å². The van der Waals surface area contributed by atoms with Crippen LogP contribution in [0.1, 0.15) is 22.3 Å². The lowest BCUT2D eigenvalue weighted by Crippen LogP contribution is -2.40. The van der Waals surface area contributed by atoms with Gasteiger partial charge in [0.1, 0.15) is 22.6 Å². The third-order valence-corrected chi connectivity index (χ3v) is 6.09. The maximum Gasteiger partial charge on any atom is 0.333 e. The van der Waals surface area contributed by atoms with Crippen molar-refractivity contribution in [1.29, 1.82) is 0 Å². The molecule has 2 N–H and O–H groups in total. The lowest BCUT2D eigenvalue weighted by Gasteiger charge is -2.13. The van der Waals surface area contributed by atoms with Crippen molar-refractivity contribution >= 4 is 11.4 Å². The zero-order valence-corrected chi connectivity index (χ0v) is 21.0. The summed E-state index contributed by atoms with van der Waals surface area (Å²) in [6.07, 6.45) is 0. The van der Waals surface area contributed by atoms with Crippen LogP contribution in [0, 0.1) is 0 Å². The summed E-state index contributed by atoms with van der Waals surface area (Å²) in [6.45, 7) is 0. The summed E-state index contributed by atoms with van der Waals surface area (Å²) in [5.74, 6) is -1.25. The molecule has 2 heterocycles. The Labute approximate surface area is 215 Å². The minimum Gasteiger partial charge on any atom is -0.494 e. The molecule has 12 nitrogen and oxygen atoms in total. The lowest BCUT2D eigenvalue weighted by atomic mass is 10.0. The van der Waals surface area contributed by atoms with Crippen LogP contribution in [0.4, 0.5) is 0 Å². The molecule has 0 atom stereocenters. The minimum atomic E-state index is -0.814. The topological polar surface area (TPSA) is 153 Å². The zero-order valence-electron chi connectivity index (χ0n) is 21.0. The molecule has 0 radical (unpaired) electrons. The Morgan fingerprint density at radius 2 is 0.868 bits per heavy atom. The van der Waals surface area contributed by atoms with Gasteiger partial charge in [0.2, 0.25) is 11.8 Å². The van der Waals surface area contributed by atoms with E-state index in [0.717, 1.165) is 18.3 Å². The van der Waals surface area contributed by atoms with Gasteiger partial charge in [-0.3, -0.25) is 27.9 Å². The number of aromatic hydroxyl groups is 2. The summed E-state index contributed by atoms with van der Waals surface area (Å²) in [7, 11) is 5.13. The summed E-state index contributed by atoms with van der Waals surface area (Å²) in [5, 5.41) is 30.2. The van der Waals surface area contributed by atoms with Crippen LogP contribution < -0.4 is 22.5 Å². The van der Waals surface area contributed by atoms with Crippen molar-refractivity contribution in [2.24, 2.45) is 38.4 Å². The van der Waals surface area contributed by atoms with Gasteiger partial charge in [-0.1, -0.05) is 60.7 Å². The average molecular weight is 517 g/mol. The zero-order chi connectivity index (χ0) is 27.7. The Balaban J connectivity index is 2.14. The molecular weight excluding hydrogens is 492 g/mol. The number of hydrogen-bond donors (Lipinski definition) is 2. The van der Waals surface area contributed by atoms with Gasteiger partial charge in [-0.15, -0.1) is 10.2 Å². The van der Waals surface area contributed by atoms with Gasteiger partial charge in [0.15, 0.2) is 0 Å². The van der Waals surface area contributed by atoms with Gasteiger partial charge in [-0.05, 0) is 0 Å². The SMILES string of the molecule is Cn1c(O)c(/C(=N/N=C(\c2ccccc2)c2c(O)n(C)c(=O)n(C)c2=O)c2ccccc2)c(=O)n(C)c1=O. The molecule has 12 heteroatoms. The molecule has 194 valence electrons. The standard InChI is InChI=1S/C26H24N6O6/c1-29-21(33)17(22(34)30(2)25(29)37)19(15-11-7-5-8-12-15)27-28-20(16-13-9-6-10-14-16)18-23(35)31(3)26(38)32(4)24(18)36/h5-14,33,35H,1-4H3/b27-19+,28-20+. The van der Waals surface area contributed by atoms with E-state index in [1.165, 1.54) is 28.2 Å². The summed E-state index contributed by atoms with van der Waals surface area (Å²) >= 11 is 0. The average Bonchev–Trinajstić information content (AvgIpc) is 2.94. The molecule has 0 amide bonds. The fraction of sp³-hybridized carbons (Fsp3) is 0.154. The number of rotatable bonds is 5. The highest BCUT2D eigenvalue weighted by Crippen LogP contribution is 2.19. The van der Waals surface area contributed by atoms with Gasteiger partial charge in [-0.2, -0.15) is 0 Å². The molecule has 4 rings (SSSR count). The van der Waals surface area contributed by atoms with E-state index in [1.807, 2.05) is 0 Å². The molecule has 0 saturated carbocycles. The van der Waals surface area contributed by atoms with E-state index in [0.29, 0.717) is 11.1 Å². The van der Waals surface area contributed by atoms with Crippen molar-refractivity contribution in [3.63, 3.8) is 0 Å². The molecule has 0 unspecified atom stereocenters. The molecule has 0 aliphatic heterocycles. The molecular formula is C26H24N6O6. The first kappa shape index (κ1) is 25.8. The molecule has 38 heavy (non-hydrogen) atoms. The van der Waals surface area contributed by atoms with E-state index >= 15 is 0 Å². The molecule has 2 aromatic carbocycles. The fourth-order valence-corrected chi connectivity index (χ4v) is 3.88. The number of nitrogens with zero attached hydrogens (tertiary/aromatic N) is 6. The molecule has 0 aliphatic rings. The monoisotopic (exact) mass is 516 g/mol. The van der Waals surface area contributed by atoms with E-state index in [1.54, 1.807) is 60.7 Å². The molecule has 2 aromatic heterocycles. The summed E-state index contributed by atoms with van der Waals surface area (Å²) in [6, 6.07) is 16.7. The Morgan fingerprint density at radius 3 is 1.18 bits per heavy atom. The van der Waals surface area contributed by atoms with Gasteiger partial charge in [0.25, 0.3) is 11.1 Å². The summed E-state index contributed by atoms with van der Waals surface area (Å²) < 4.78 is 3.44. The van der Waals surface area contributed by atoms with Crippen LogP contribution in [0.3, 0.4) is 0 Å². The van der Waals surface area contributed by atoms with Crippen LogP contribution in [-0.4, -0.2) is 39.9 Å². The maximum absolute atomic E-state index is 13.1. The summed E-state index contributed by atoms with van der Waals surface area (Å²) in [4.78, 5) is 50.9. The second kappa shape index (κ2) is 10.0. The quantitative estimate of drug-likeness (QED) is 0.285. The first-order chi connectivity index (χ1) is 18.1. The highest BCUT2D eigenvalue weighted by atomic mass is 16.3. The van der Waals surface area contributed by atoms with Gasteiger partial charge in [-0.25, -0.2) is 9.59 Å². The molecule has 0 spiro atoms. The smallest absolute Gasteiger partial charge is 0.333 e. The van der Waals surface area contributed by atoms with Crippen LogP contribution in [0.15, 0.2) is 90.0 Å². The predicted octanol–water partition coefficient (Wildman–Crippen LogP) is 0.183. The number of benzene rings is 2. The van der Waals surface area contributed by atoms with Crippen LogP contribution in [-0.2, 0) is 28.2 Å². The van der Waals surface area contributed by atoms with Crippen LogP contribution in [0.2, 0.25) is 0 Å². The highest BCUT2D eigenvalue weighted by molar-refractivity contribution is 6.16. The van der Waals surface area contributed by atoms with Crippen molar-refractivity contribution in [1.82, 2.24) is 18.3 Å². The van der Waals surface area contributed by atoms with E-state index in [9.17, 15) is 29.4 Å². The summed E-state index contributed by atoms with van der Waals surface area (Å²) in [5.41, 5.74) is -3.12. The van der Waals surface area contributed by atoms with Crippen LogP contribution >= 0.6 is 0 Å². The first-order valence-corrected chi connectivity index (χ1v) is 11.3. The Hall–Kier alpha value is -5.26. The molecule has 0 saturated heterocycles. The van der Waals surface area contributed by atoms with Crippen molar-refractivity contribution in [3.05, 3.63) is 125 Å². The second-order valence-electron chi connectivity index (χ2n) is 8.44. The van der Waals surface area contributed by atoms with Crippen molar-refractivity contribution in [2.45, 2.75) is 0 Å². The van der Waals surface area contributed by atoms with E-state index in [-0.39, 0.29) is 22.6 Å². The second-order valence-corrected chi connectivity index (χ2v) is 8.44. The number of aromatic nitrogens is 4. The van der Waals surface area contributed by atoms with Gasteiger partial charge in [0, 0.05) is 39.3 Å². The third kappa shape index (κ3) is 4.28.